The van der Waals surface area contributed by atoms with E-state index >= 15 is 0 Å². The van der Waals surface area contributed by atoms with Crippen LogP contribution in [0.1, 0.15) is 25.7 Å². The van der Waals surface area contributed by atoms with Gasteiger partial charge in [0.15, 0.2) is 0 Å². The van der Waals surface area contributed by atoms with Crippen molar-refractivity contribution in [3.05, 3.63) is 0 Å². The topological polar surface area (TPSA) is 49.5 Å². The first kappa shape index (κ1) is 9.44. The SMILES string of the molecule is CN(CC1CC(O)C1)C1CC(N)C1. The maximum Gasteiger partial charge on any atom is 0.0546 e. The summed E-state index contributed by atoms with van der Waals surface area (Å²) in [6.45, 7) is 1.15. The molecule has 2 aliphatic rings. The van der Waals surface area contributed by atoms with Gasteiger partial charge in [-0.2, -0.15) is 0 Å². The lowest BCUT2D eigenvalue weighted by Gasteiger charge is -2.43. The summed E-state index contributed by atoms with van der Waals surface area (Å²) in [6, 6.07) is 1.16. The number of nitrogens with two attached hydrogens (primary N) is 1. The highest BCUT2D eigenvalue weighted by Crippen LogP contribution is 2.30. The normalized spacial score (nSPS) is 44.3. The Labute approximate surface area is 79.9 Å². The third kappa shape index (κ3) is 2.03. The Morgan fingerprint density at radius 3 is 2.38 bits per heavy atom. The van der Waals surface area contributed by atoms with Crippen molar-refractivity contribution in [3.8, 4) is 0 Å². The van der Waals surface area contributed by atoms with Crippen molar-refractivity contribution in [2.45, 2.75) is 43.9 Å². The van der Waals surface area contributed by atoms with Crippen LogP contribution >= 0.6 is 0 Å². The minimum atomic E-state index is -0.0120. The molecule has 3 heteroatoms. The molecule has 0 radical (unpaired) electrons. The molecule has 13 heavy (non-hydrogen) atoms. The number of aliphatic hydroxyl groups is 1. The van der Waals surface area contributed by atoms with Crippen LogP contribution in [0, 0.1) is 5.92 Å². The summed E-state index contributed by atoms with van der Waals surface area (Å²) in [5.74, 6) is 0.733. The fourth-order valence-electron chi connectivity index (χ4n) is 2.40. The van der Waals surface area contributed by atoms with Crippen molar-refractivity contribution >= 4 is 0 Å². The molecule has 0 aromatic rings. The highest BCUT2D eigenvalue weighted by molar-refractivity contribution is 4.90. The molecule has 3 nitrogen and oxygen atoms in total. The average Bonchev–Trinajstić information content (AvgIpc) is 1.95. The molecule has 2 saturated carbocycles. The van der Waals surface area contributed by atoms with Crippen molar-refractivity contribution in [2.75, 3.05) is 13.6 Å². The Balaban J connectivity index is 1.64. The summed E-state index contributed by atoms with van der Waals surface area (Å²) < 4.78 is 0. The minimum Gasteiger partial charge on any atom is -0.393 e. The highest BCUT2D eigenvalue weighted by Gasteiger charge is 2.33. The van der Waals surface area contributed by atoms with Gasteiger partial charge in [0.05, 0.1) is 6.10 Å². The molecule has 2 rings (SSSR count). The van der Waals surface area contributed by atoms with Gasteiger partial charge >= 0.3 is 0 Å². The zero-order valence-corrected chi connectivity index (χ0v) is 8.32. The van der Waals surface area contributed by atoms with E-state index in [0.717, 1.165) is 38.1 Å². The van der Waals surface area contributed by atoms with Gasteiger partial charge in [-0.05, 0) is 38.6 Å². The van der Waals surface area contributed by atoms with Crippen molar-refractivity contribution in [1.29, 1.82) is 0 Å². The maximum absolute atomic E-state index is 9.14. The first-order valence-corrected chi connectivity index (χ1v) is 5.29. The van der Waals surface area contributed by atoms with E-state index in [0.29, 0.717) is 12.1 Å². The van der Waals surface area contributed by atoms with E-state index in [1.165, 1.54) is 0 Å². The summed E-state index contributed by atoms with van der Waals surface area (Å²) in [4.78, 5) is 2.42. The van der Waals surface area contributed by atoms with Crippen LogP contribution in [-0.4, -0.2) is 41.8 Å². The smallest absolute Gasteiger partial charge is 0.0546 e. The van der Waals surface area contributed by atoms with Crippen LogP contribution in [-0.2, 0) is 0 Å². The fraction of sp³-hybridized carbons (Fsp3) is 1.00. The monoisotopic (exact) mass is 184 g/mol. The van der Waals surface area contributed by atoms with Crippen molar-refractivity contribution < 1.29 is 5.11 Å². The van der Waals surface area contributed by atoms with Gasteiger partial charge in [-0.25, -0.2) is 0 Å². The summed E-state index contributed by atoms with van der Waals surface area (Å²) in [7, 11) is 2.18. The van der Waals surface area contributed by atoms with Gasteiger partial charge in [-0.3, -0.25) is 0 Å². The molecule has 0 aromatic heterocycles. The molecule has 0 amide bonds. The summed E-state index contributed by atoms with van der Waals surface area (Å²) in [5, 5.41) is 9.14. The van der Waals surface area contributed by atoms with Gasteiger partial charge in [0.25, 0.3) is 0 Å². The molecule has 2 aliphatic carbocycles. The predicted molar refractivity (Wildman–Crippen MR) is 52.4 cm³/mol. The lowest BCUT2D eigenvalue weighted by atomic mass is 9.80. The Hall–Kier alpha value is -0.120. The molecule has 0 heterocycles. The number of aliphatic hydroxyl groups excluding tert-OH is 1. The molecule has 3 N–H and O–H groups in total. The van der Waals surface area contributed by atoms with Gasteiger partial charge in [-0.15, -0.1) is 0 Å². The summed E-state index contributed by atoms with van der Waals surface area (Å²) in [6.07, 6.45) is 4.31. The van der Waals surface area contributed by atoms with Crippen molar-refractivity contribution in [3.63, 3.8) is 0 Å². The summed E-state index contributed by atoms with van der Waals surface area (Å²) >= 11 is 0. The van der Waals surface area contributed by atoms with Crippen LogP contribution in [0.5, 0.6) is 0 Å². The molecule has 2 fully saturated rings. The Morgan fingerprint density at radius 2 is 1.92 bits per heavy atom. The second-order valence-corrected chi connectivity index (χ2v) is 4.82. The number of hydrogen-bond acceptors (Lipinski definition) is 3. The molecule has 0 spiro atoms. The van der Waals surface area contributed by atoms with Gasteiger partial charge < -0.3 is 15.7 Å². The first-order valence-electron chi connectivity index (χ1n) is 5.29. The molecule has 0 atom stereocenters. The molecule has 0 bridgehead atoms. The predicted octanol–water partition coefficient (Wildman–Crippen LogP) is 0.179. The zero-order chi connectivity index (χ0) is 9.42. The van der Waals surface area contributed by atoms with E-state index in [9.17, 15) is 0 Å². The van der Waals surface area contributed by atoms with Crippen molar-refractivity contribution in [1.82, 2.24) is 4.90 Å². The van der Waals surface area contributed by atoms with E-state index in [2.05, 4.69) is 11.9 Å². The molecule has 0 aliphatic heterocycles. The Kier molecular flexibility index (Phi) is 2.58. The largest absolute Gasteiger partial charge is 0.393 e. The number of rotatable bonds is 3. The summed E-state index contributed by atoms with van der Waals surface area (Å²) in [5.41, 5.74) is 5.74. The highest BCUT2D eigenvalue weighted by atomic mass is 16.3. The minimum absolute atomic E-state index is 0.0120. The van der Waals surface area contributed by atoms with E-state index in [1.54, 1.807) is 0 Å². The van der Waals surface area contributed by atoms with E-state index < -0.39 is 0 Å². The van der Waals surface area contributed by atoms with E-state index in [-0.39, 0.29) is 6.10 Å². The second kappa shape index (κ2) is 3.56. The van der Waals surface area contributed by atoms with Gasteiger partial charge in [0, 0.05) is 18.6 Å². The standard InChI is InChI=1S/C10H20N2O/c1-12(9-4-8(11)5-9)6-7-2-10(13)3-7/h7-10,13H,2-6,11H2,1H3. The lowest BCUT2D eigenvalue weighted by Crippen LogP contribution is -2.51. The number of nitrogens with zero attached hydrogens (tertiary/aromatic N) is 1. The molecule has 0 aromatic carbocycles. The van der Waals surface area contributed by atoms with Crippen LogP contribution in [0.25, 0.3) is 0 Å². The van der Waals surface area contributed by atoms with Crippen LogP contribution in [0.15, 0.2) is 0 Å². The van der Waals surface area contributed by atoms with Crippen LogP contribution in [0.3, 0.4) is 0 Å². The third-order valence-corrected chi connectivity index (χ3v) is 3.53. The lowest BCUT2D eigenvalue weighted by molar-refractivity contribution is 0.0126. The van der Waals surface area contributed by atoms with Gasteiger partial charge in [0.2, 0.25) is 0 Å². The van der Waals surface area contributed by atoms with Crippen LogP contribution in [0.2, 0.25) is 0 Å². The fourth-order valence-corrected chi connectivity index (χ4v) is 2.40. The zero-order valence-electron chi connectivity index (χ0n) is 8.32. The van der Waals surface area contributed by atoms with E-state index in [1.807, 2.05) is 0 Å². The second-order valence-electron chi connectivity index (χ2n) is 4.82. The Morgan fingerprint density at radius 1 is 1.31 bits per heavy atom. The van der Waals surface area contributed by atoms with Gasteiger partial charge in [-0.1, -0.05) is 0 Å². The average molecular weight is 184 g/mol. The van der Waals surface area contributed by atoms with Gasteiger partial charge in [0.1, 0.15) is 0 Å². The third-order valence-electron chi connectivity index (χ3n) is 3.53. The quantitative estimate of drug-likeness (QED) is 0.658. The number of hydrogen-bond donors (Lipinski definition) is 2. The Bertz CT molecular complexity index is 174. The van der Waals surface area contributed by atoms with Crippen molar-refractivity contribution in [2.24, 2.45) is 11.7 Å². The molecule has 0 unspecified atom stereocenters. The van der Waals surface area contributed by atoms with Crippen LogP contribution < -0.4 is 5.73 Å². The molecule has 0 saturated heterocycles. The molecule has 76 valence electrons. The van der Waals surface area contributed by atoms with E-state index in [4.69, 9.17) is 10.8 Å². The molecular weight excluding hydrogens is 164 g/mol. The first-order chi connectivity index (χ1) is 6.15. The maximum atomic E-state index is 9.14. The molecular formula is C10H20N2O. The van der Waals surface area contributed by atoms with Crippen LogP contribution in [0.4, 0.5) is 0 Å².